The van der Waals surface area contributed by atoms with E-state index in [4.69, 9.17) is 0 Å². The van der Waals surface area contributed by atoms with Crippen LogP contribution in [-0.2, 0) is 17.9 Å². The standard InChI is InChI=1S/C23H30N2O/c1-3-24(17-20-9-5-4-6-10-20)22-12-13-23(26)25(15-14-22)18-21-11-7-8-19(2)16-21/h4-11,16,22H,3,12-15,17-18H2,1-2H3. The van der Waals surface area contributed by atoms with Crippen molar-refractivity contribution in [3.63, 3.8) is 0 Å². The minimum absolute atomic E-state index is 0.296. The van der Waals surface area contributed by atoms with Crippen molar-refractivity contribution in [2.75, 3.05) is 13.1 Å². The van der Waals surface area contributed by atoms with Gasteiger partial charge in [-0.05, 0) is 37.4 Å². The predicted molar refractivity (Wildman–Crippen MR) is 107 cm³/mol. The quantitative estimate of drug-likeness (QED) is 0.771. The van der Waals surface area contributed by atoms with E-state index in [1.165, 1.54) is 16.7 Å². The van der Waals surface area contributed by atoms with E-state index in [9.17, 15) is 4.79 Å². The highest BCUT2D eigenvalue weighted by molar-refractivity contribution is 5.76. The van der Waals surface area contributed by atoms with Gasteiger partial charge in [0.2, 0.25) is 5.91 Å². The van der Waals surface area contributed by atoms with Gasteiger partial charge < -0.3 is 4.90 Å². The molecule has 1 aliphatic heterocycles. The molecule has 3 heteroatoms. The second-order valence-electron chi connectivity index (χ2n) is 7.33. The Morgan fingerprint density at radius 2 is 1.81 bits per heavy atom. The van der Waals surface area contributed by atoms with Crippen LogP contribution in [0.2, 0.25) is 0 Å². The number of likely N-dealkylation sites (tertiary alicyclic amines) is 1. The first-order valence-electron chi connectivity index (χ1n) is 9.77. The van der Waals surface area contributed by atoms with Crippen LogP contribution in [0.25, 0.3) is 0 Å². The Kier molecular flexibility index (Phi) is 6.45. The lowest BCUT2D eigenvalue weighted by molar-refractivity contribution is -0.131. The molecule has 1 aliphatic rings. The molecule has 1 atom stereocenters. The number of amides is 1. The highest BCUT2D eigenvalue weighted by Gasteiger charge is 2.26. The Morgan fingerprint density at radius 1 is 1.04 bits per heavy atom. The van der Waals surface area contributed by atoms with Crippen molar-refractivity contribution in [3.8, 4) is 0 Å². The van der Waals surface area contributed by atoms with Gasteiger partial charge in [-0.25, -0.2) is 0 Å². The average molecular weight is 351 g/mol. The molecule has 0 aromatic heterocycles. The number of hydrogen-bond donors (Lipinski definition) is 0. The number of aryl methyl sites for hydroxylation is 1. The number of nitrogens with zero attached hydrogens (tertiary/aromatic N) is 2. The zero-order valence-corrected chi connectivity index (χ0v) is 16.0. The first kappa shape index (κ1) is 18.7. The Balaban J connectivity index is 1.63. The number of carbonyl (C=O) groups is 1. The molecule has 3 rings (SSSR count). The summed E-state index contributed by atoms with van der Waals surface area (Å²) in [6.07, 6.45) is 2.67. The molecule has 1 fully saturated rings. The molecular weight excluding hydrogens is 320 g/mol. The molecular formula is C23H30N2O. The fourth-order valence-corrected chi connectivity index (χ4v) is 3.90. The topological polar surface area (TPSA) is 23.6 Å². The van der Waals surface area contributed by atoms with Crippen LogP contribution >= 0.6 is 0 Å². The first-order valence-corrected chi connectivity index (χ1v) is 9.77. The molecule has 0 N–H and O–H groups in total. The molecule has 3 nitrogen and oxygen atoms in total. The lowest BCUT2D eigenvalue weighted by Gasteiger charge is -2.30. The number of rotatable bonds is 6. The fourth-order valence-electron chi connectivity index (χ4n) is 3.90. The maximum Gasteiger partial charge on any atom is 0.222 e. The van der Waals surface area contributed by atoms with Crippen LogP contribution in [0.5, 0.6) is 0 Å². The maximum absolute atomic E-state index is 12.6. The van der Waals surface area contributed by atoms with E-state index >= 15 is 0 Å². The first-order chi connectivity index (χ1) is 12.7. The van der Waals surface area contributed by atoms with Gasteiger partial charge in [0.05, 0.1) is 0 Å². The van der Waals surface area contributed by atoms with Crippen LogP contribution in [0, 0.1) is 6.92 Å². The van der Waals surface area contributed by atoms with E-state index < -0.39 is 0 Å². The maximum atomic E-state index is 12.6. The molecule has 138 valence electrons. The highest BCUT2D eigenvalue weighted by Crippen LogP contribution is 2.21. The van der Waals surface area contributed by atoms with Gasteiger partial charge >= 0.3 is 0 Å². The zero-order valence-electron chi connectivity index (χ0n) is 16.0. The molecule has 1 saturated heterocycles. The summed E-state index contributed by atoms with van der Waals surface area (Å²) >= 11 is 0. The average Bonchev–Trinajstić information content (AvgIpc) is 2.83. The Morgan fingerprint density at radius 3 is 2.54 bits per heavy atom. The van der Waals surface area contributed by atoms with Crippen LogP contribution in [-0.4, -0.2) is 34.8 Å². The van der Waals surface area contributed by atoms with Crippen molar-refractivity contribution in [1.29, 1.82) is 0 Å². The summed E-state index contributed by atoms with van der Waals surface area (Å²) in [5.74, 6) is 0.296. The molecule has 1 unspecified atom stereocenters. The summed E-state index contributed by atoms with van der Waals surface area (Å²) in [4.78, 5) is 17.2. The third kappa shape index (κ3) is 4.95. The second kappa shape index (κ2) is 9.00. The number of benzene rings is 2. The van der Waals surface area contributed by atoms with E-state index in [0.29, 0.717) is 18.4 Å². The molecule has 0 spiro atoms. The molecule has 0 aliphatic carbocycles. The largest absolute Gasteiger partial charge is 0.338 e. The van der Waals surface area contributed by atoms with Gasteiger partial charge in [0.15, 0.2) is 0 Å². The summed E-state index contributed by atoms with van der Waals surface area (Å²) < 4.78 is 0. The normalized spacial score (nSPS) is 18.2. The summed E-state index contributed by atoms with van der Waals surface area (Å²) in [5, 5.41) is 0. The van der Waals surface area contributed by atoms with E-state index in [2.05, 4.69) is 73.3 Å². The second-order valence-corrected chi connectivity index (χ2v) is 7.33. The van der Waals surface area contributed by atoms with Gasteiger partial charge in [-0.1, -0.05) is 67.1 Å². The summed E-state index contributed by atoms with van der Waals surface area (Å²) in [5.41, 5.74) is 3.83. The van der Waals surface area contributed by atoms with Crippen molar-refractivity contribution < 1.29 is 4.79 Å². The Labute approximate surface area is 157 Å². The molecule has 1 amide bonds. The Bertz CT molecular complexity index is 713. The van der Waals surface area contributed by atoms with Crippen molar-refractivity contribution in [2.24, 2.45) is 0 Å². The minimum atomic E-state index is 0.296. The van der Waals surface area contributed by atoms with Crippen molar-refractivity contribution in [3.05, 3.63) is 71.3 Å². The number of hydrogen-bond acceptors (Lipinski definition) is 2. The minimum Gasteiger partial charge on any atom is -0.338 e. The van der Waals surface area contributed by atoms with Gasteiger partial charge in [0, 0.05) is 32.1 Å². The van der Waals surface area contributed by atoms with E-state index in [1.54, 1.807) is 0 Å². The molecule has 0 radical (unpaired) electrons. The number of carbonyl (C=O) groups excluding carboxylic acids is 1. The van der Waals surface area contributed by atoms with E-state index in [1.807, 2.05) is 4.90 Å². The third-order valence-corrected chi connectivity index (χ3v) is 5.38. The van der Waals surface area contributed by atoms with Crippen LogP contribution in [0.3, 0.4) is 0 Å². The van der Waals surface area contributed by atoms with Gasteiger partial charge in [-0.2, -0.15) is 0 Å². The van der Waals surface area contributed by atoms with Crippen LogP contribution < -0.4 is 0 Å². The fraction of sp³-hybridized carbons (Fsp3) is 0.435. The third-order valence-electron chi connectivity index (χ3n) is 5.38. The van der Waals surface area contributed by atoms with Gasteiger partial charge in [0.25, 0.3) is 0 Å². The van der Waals surface area contributed by atoms with E-state index in [-0.39, 0.29) is 0 Å². The molecule has 2 aromatic carbocycles. The summed E-state index contributed by atoms with van der Waals surface area (Å²) in [6, 6.07) is 19.6. The van der Waals surface area contributed by atoms with E-state index in [0.717, 1.165) is 39.0 Å². The van der Waals surface area contributed by atoms with Crippen LogP contribution in [0.4, 0.5) is 0 Å². The van der Waals surface area contributed by atoms with Crippen LogP contribution in [0.1, 0.15) is 42.9 Å². The SMILES string of the molecule is CCN(Cc1ccccc1)C1CCC(=O)N(Cc2cccc(C)c2)CC1. The molecule has 2 aromatic rings. The van der Waals surface area contributed by atoms with Crippen LogP contribution in [0.15, 0.2) is 54.6 Å². The molecule has 0 saturated carbocycles. The lowest BCUT2D eigenvalue weighted by Crippen LogP contribution is -2.35. The highest BCUT2D eigenvalue weighted by atomic mass is 16.2. The monoisotopic (exact) mass is 350 g/mol. The van der Waals surface area contributed by atoms with Crippen molar-refractivity contribution in [1.82, 2.24) is 9.80 Å². The summed E-state index contributed by atoms with van der Waals surface area (Å²) in [6.45, 7) is 7.90. The van der Waals surface area contributed by atoms with Crippen molar-refractivity contribution in [2.45, 2.75) is 52.2 Å². The smallest absolute Gasteiger partial charge is 0.222 e. The molecule has 0 bridgehead atoms. The Hall–Kier alpha value is -2.13. The predicted octanol–water partition coefficient (Wildman–Crippen LogP) is 4.40. The summed E-state index contributed by atoms with van der Waals surface area (Å²) in [7, 11) is 0. The lowest BCUT2D eigenvalue weighted by atomic mass is 10.1. The van der Waals surface area contributed by atoms with Gasteiger partial charge in [-0.3, -0.25) is 9.69 Å². The van der Waals surface area contributed by atoms with Crippen molar-refractivity contribution >= 4 is 5.91 Å². The molecule has 26 heavy (non-hydrogen) atoms. The van der Waals surface area contributed by atoms with Gasteiger partial charge in [-0.15, -0.1) is 0 Å². The molecule has 1 heterocycles. The van der Waals surface area contributed by atoms with Gasteiger partial charge in [0.1, 0.15) is 0 Å². The zero-order chi connectivity index (χ0) is 18.4.